The van der Waals surface area contributed by atoms with Gasteiger partial charge in [0.05, 0.1) is 13.3 Å². The SMILES string of the molecule is COc1cc(/C=N\NC(=O)C(=O)Nc2c(C)cccc2C)ccc1OCC(=O)Nc1cccc(Cl)c1. The van der Waals surface area contributed by atoms with Crippen LogP contribution in [0.1, 0.15) is 16.7 Å². The number of nitrogens with one attached hydrogen (secondary N) is 3. The van der Waals surface area contributed by atoms with E-state index in [1.54, 1.807) is 42.5 Å². The second-order valence-corrected chi connectivity index (χ2v) is 8.11. The zero-order valence-corrected chi connectivity index (χ0v) is 20.7. The van der Waals surface area contributed by atoms with Crippen molar-refractivity contribution in [2.24, 2.45) is 5.10 Å². The van der Waals surface area contributed by atoms with Crippen molar-refractivity contribution in [1.82, 2.24) is 5.43 Å². The number of hydrogen-bond donors (Lipinski definition) is 3. The molecule has 0 saturated heterocycles. The third-order valence-electron chi connectivity index (χ3n) is 4.96. The van der Waals surface area contributed by atoms with Crippen LogP contribution >= 0.6 is 11.6 Å². The van der Waals surface area contributed by atoms with Gasteiger partial charge in [0.15, 0.2) is 18.1 Å². The monoisotopic (exact) mass is 508 g/mol. The normalized spacial score (nSPS) is 10.6. The third kappa shape index (κ3) is 7.31. The van der Waals surface area contributed by atoms with Gasteiger partial charge in [-0.15, -0.1) is 0 Å². The Morgan fingerprint density at radius 2 is 1.64 bits per heavy atom. The number of carbonyl (C=O) groups is 3. The van der Waals surface area contributed by atoms with Gasteiger partial charge in [-0.3, -0.25) is 14.4 Å². The zero-order chi connectivity index (χ0) is 26.1. The summed E-state index contributed by atoms with van der Waals surface area (Å²) >= 11 is 5.92. The summed E-state index contributed by atoms with van der Waals surface area (Å²) in [5.41, 5.74) is 5.59. The van der Waals surface area contributed by atoms with E-state index in [9.17, 15) is 14.4 Å². The highest BCUT2D eigenvalue weighted by atomic mass is 35.5. The molecular weight excluding hydrogens is 484 g/mol. The summed E-state index contributed by atoms with van der Waals surface area (Å²) in [6.45, 7) is 3.43. The summed E-state index contributed by atoms with van der Waals surface area (Å²) in [4.78, 5) is 36.5. The van der Waals surface area contributed by atoms with E-state index in [1.165, 1.54) is 13.3 Å². The Labute approximate surface area is 213 Å². The van der Waals surface area contributed by atoms with Crippen LogP contribution < -0.4 is 25.5 Å². The molecule has 10 heteroatoms. The highest BCUT2D eigenvalue weighted by Gasteiger charge is 2.15. The lowest BCUT2D eigenvalue weighted by Crippen LogP contribution is -2.32. The van der Waals surface area contributed by atoms with Gasteiger partial charge in [-0.2, -0.15) is 5.10 Å². The Hall–Kier alpha value is -4.37. The fourth-order valence-electron chi connectivity index (χ4n) is 3.19. The van der Waals surface area contributed by atoms with E-state index >= 15 is 0 Å². The average molecular weight is 509 g/mol. The number of amides is 3. The van der Waals surface area contributed by atoms with E-state index in [1.807, 2.05) is 32.0 Å². The molecule has 0 heterocycles. The molecule has 0 aliphatic carbocycles. The fourth-order valence-corrected chi connectivity index (χ4v) is 3.38. The molecule has 0 aromatic heterocycles. The Kier molecular flexibility index (Phi) is 9.01. The predicted octanol–water partition coefficient (Wildman–Crippen LogP) is 4.07. The number of para-hydroxylation sites is 1. The van der Waals surface area contributed by atoms with Gasteiger partial charge in [0, 0.05) is 16.4 Å². The van der Waals surface area contributed by atoms with Crippen LogP contribution in [0, 0.1) is 13.8 Å². The maximum absolute atomic E-state index is 12.2. The molecule has 0 fully saturated rings. The van der Waals surface area contributed by atoms with E-state index in [0.29, 0.717) is 33.5 Å². The van der Waals surface area contributed by atoms with Crippen LogP contribution in [0.15, 0.2) is 65.8 Å². The molecule has 3 N–H and O–H groups in total. The second-order valence-electron chi connectivity index (χ2n) is 7.68. The number of anilines is 2. The molecule has 0 radical (unpaired) electrons. The molecule has 0 aliphatic heterocycles. The summed E-state index contributed by atoms with van der Waals surface area (Å²) < 4.78 is 10.9. The van der Waals surface area contributed by atoms with E-state index in [2.05, 4.69) is 21.2 Å². The fraction of sp³-hybridized carbons (Fsp3) is 0.154. The van der Waals surface area contributed by atoms with Crippen LogP contribution in [0.25, 0.3) is 0 Å². The van der Waals surface area contributed by atoms with Crippen LogP contribution in [-0.4, -0.2) is 37.7 Å². The quantitative estimate of drug-likeness (QED) is 0.241. The Bertz CT molecular complexity index is 1290. The summed E-state index contributed by atoms with van der Waals surface area (Å²) in [6, 6.07) is 17.2. The first-order valence-corrected chi connectivity index (χ1v) is 11.2. The maximum Gasteiger partial charge on any atom is 0.329 e. The summed E-state index contributed by atoms with van der Waals surface area (Å²) in [7, 11) is 1.45. The minimum atomic E-state index is -0.911. The minimum Gasteiger partial charge on any atom is -0.493 e. The number of methoxy groups -OCH3 is 1. The molecule has 36 heavy (non-hydrogen) atoms. The number of rotatable bonds is 8. The zero-order valence-electron chi connectivity index (χ0n) is 19.9. The smallest absolute Gasteiger partial charge is 0.329 e. The molecule has 0 atom stereocenters. The number of hydrogen-bond acceptors (Lipinski definition) is 6. The summed E-state index contributed by atoms with van der Waals surface area (Å²) in [6.07, 6.45) is 1.35. The number of ether oxygens (including phenoxy) is 2. The number of halogens is 1. The highest BCUT2D eigenvalue weighted by Crippen LogP contribution is 2.27. The van der Waals surface area contributed by atoms with Crippen molar-refractivity contribution in [3.63, 3.8) is 0 Å². The Balaban J connectivity index is 1.54. The molecule has 3 rings (SSSR count). The second kappa shape index (κ2) is 12.4. The first kappa shape index (κ1) is 26.2. The van der Waals surface area contributed by atoms with Crippen molar-refractivity contribution in [1.29, 1.82) is 0 Å². The topological polar surface area (TPSA) is 118 Å². The van der Waals surface area contributed by atoms with Crippen molar-refractivity contribution in [2.45, 2.75) is 13.8 Å². The molecule has 3 amide bonds. The summed E-state index contributed by atoms with van der Waals surface area (Å²) in [5.74, 6) is -1.41. The molecular formula is C26H25ClN4O5. The Morgan fingerprint density at radius 3 is 2.33 bits per heavy atom. The largest absolute Gasteiger partial charge is 0.493 e. The van der Waals surface area contributed by atoms with Crippen LogP contribution in [0.3, 0.4) is 0 Å². The first-order chi connectivity index (χ1) is 17.3. The average Bonchev–Trinajstić information content (AvgIpc) is 2.85. The van der Waals surface area contributed by atoms with E-state index in [-0.39, 0.29) is 12.5 Å². The highest BCUT2D eigenvalue weighted by molar-refractivity contribution is 6.39. The van der Waals surface area contributed by atoms with Gasteiger partial charge in [0.1, 0.15) is 0 Å². The summed E-state index contributed by atoms with van der Waals surface area (Å²) in [5, 5.41) is 9.61. The van der Waals surface area contributed by atoms with Crippen molar-refractivity contribution < 1.29 is 23.9 Å². The number of benzene rings is 3. The van der Waals surface area contributed by atoms with Gasteiger partial charge < -0.3 is 20.1 Å². The van der Waals surface area contributed by atoms with Gasteiger partial charge in [-0.25, -0.2) is 5.43 Å². The lowest BCUT2D eigenvalue weighted by molar-refractivity contribution is -0.136. The molecule has 9 nitrogen and oxygen atoms in total. The van der Waals surface area contributed by atoms with Gasteiger partial charge in [-0.1, -0.05) is 35.9 Å². The van der Waals surface area contributed by atoms with Crippen LogP contribution in [0.5, 0.6) is 11.5 Å². The number of hydrazone groups is 1. The molecule has 186 valence electrons. The van der Waals surface area contributed by atoms with E-state index < -0.39 is 11.8 Å². The number of nitrogens with zero attached hydrogens (tertiary/aromatic N) is 1. The minimum absolute atomic E-state index is 0.248. The number of carbonyl (C=O) groups excluding carboxylic acids is 3. The first-order valence-electron chi connectivity index (χ1n) is 10.8. The van der Waals surface area contributed by atoms with Gasteiger partial charge in [0.2, 0.25) is 0 Å². The van der Waals surface area contributed by atoms with Gasteiger partial charge >= 0.3 is 11.8 Å². The lowest BCUT2D eigenvalue weighted by Gasteiger charge is -2.11. The maximum atomic E-state index is 12.2. The van der Waals surface area contributed by atoms with Crippen molar-refractivity contribution in [2.75, 3.05) is 24.4 Å². The number of aryl methyl sites for hydroxylation is 2. The molecule has 0 aliphatic rings. The van der Waals surface area contributed by atoms with Gasteiger partial charge in [-0.05, 0) is 66.9 Å². The van der Waals surface area contributed by atoms with Gasteiger partial charge in [0.25, 0.3) is 5.91 Å². The van der Waals surface area contributed by atoms with Crippen molar-refractivity contribution in [3.8, 4) is 11.5 Å². The van der Waals surface area contributed by atoms with Crippen LogP contribution in [-0.2, 0) is 14.4 Å². The molecule has 0 spiro atoms. The molecule has 3 aromatic carbocycles. The molecule has 0 unspecified atom stereocenters. The molecule has 0 saturated carbocycles. The van der Waals surface area contributed by atoms with E-state index in [4.69, 9.17) is 21.1 Å². The predicted molar refractivity (Wildman–Crippen MR) is 139 cm³/mol. The van der Waals surface area contributed by atoms with Crippen LogP contribution in [0.4, 0.5) is 11.4 Å². The van der Waals surface area contributed by atoms with Crippen LogP contribution in [0.2, 0.25) is 5.02 Å². The molecule has 3 aromatic rings. The standard InChI is InChI=1S/C26H25ClN4O5/c1-16-6-4-7-17(2)24(16)30-25(33)26(34)31-28-14-18-10-11-21(22(12-18)35-3)36-15-23(32)29-20-9-5-8-19(27)13-20/h4-14H,15H2,1-3H3,(H,29,32)(H,30,33)(H,31,34)/b28-14-. The van der Waals surface area contributed by atoms with Crippen molar-refractivity contribution >= 4 is 46.9 Å². The van der Waals surface area contributed by atoms with E-state index in [0.717, 1.165) is 11.1 Å². The third-order valence-corrected chi connectivity index (χ3v) is 5.20. The Morgan fingerprint density at radius 1 is 0.917 bits per heavy atom. The lowest BCUT2D eigenvalue weighted by atomic mass is 10.1. The van der Waals surface area contributed by atoms with Crippen molar-refractivity contribution in [3.05, 3.63) is 82.4 Å². The molecule has 0 bridgehead atoms.